The molecule has 1 N–H and O–H groups in total. The molecule has 2 aromatic rings. The number of amides is 1. The molecule has 0 bridgehead atoms. The van der Waals surface area contributed by atoms with Gasteiger partial charge >= 0.3 is 0 Å². The summed E-state index contributed by atoms with van der Waals surface area (Å²) in [7, 11) is 1.65. The molecule has 1 aliphatic rings. The first-order chi connectivity index (χ1) is 11.6. The number of carbonyl (C=O) groups is 1. The second-order valence-electron chi connectivity index (χ2n) is 6.53. The van der Waals surface area contributed by atoms with E-state index in [9.17, 15) is 4.79 Å². The van der Waals surface area contributed by atoms with Crippen LogP contribution in [0.4, 0.5) is 0 Å². The van der Waals surface area contributed by atoms with Crippen molar-refractivity contribution in [3.63, 3.8) is 0 Å². The van der Waals surface area contributed by atoms with E-state index in [1.165, 1.54) is 0 Å². The first kappa shape index (κ1) is 16.4. The molecule has 1 amide bonds. The zero-order valence-corrected chi connectivity index (χ0v) is 14.2. The summed E-state index contributed by atoms with van der Waals surface area (Å²) < 4.78 is 5.22. The number of tetrazole rings is 1. The minimum Gasteiger partial charge on any atom is -0.497 e. The van der Waals surface area contributed by atoms with E-state index in [2.05, 4.69) is 27.5 Å². The van der Waals surface area contributed by atoms with Crippen LogP contribution in [0.2, 0.25) is 0 Å². The van der Waals surface area contributed by atoms with E-state index in [-0.39, 0.29) is 11.3 Å². The van der Waals surface area contributed by atoms with Crippen LogP contribution in [0.25, 0.3) is 0 Å². The van der Waals surface area contributed by atoms with E-state index in [1.807, 2.05) is 29.2 Å². The number of aryl methyl sites for hydroxylation is 1. The largest absolute Gasteiger partial charge is 0.497 e. The molecule has 1 aromatic carbocycles. The molecule has 0 unspecified atom stereocenters. The number of H-pyrrole nitrogens is 1. The summed E-state index contributed by atoms with van der Waals surface area (Å²) in [5, 5.41) is 14.4. The Morgan fingerprint density at radius 1 is 1.38 bits per heavy atom. The van der Waals surface area contributed by atoms with Crippen molar-refractivity contribution in [1.29, 1.82) is 0 Å². The summed E-state index contributed by atoms with van der Waals surface area (Å²) in [6, 6.07) is 7.88. The highest BCUT2D eigenvalue weighted by molar-refractivity contribution is 5.76. The van der Waals surface area contributed by atoms with Gasteiger partial charge in [0.2, 0.25) is 5.91 Å². The van der Waals surface area contributed by atoms with Crippen LogP contribution < -0.4 is 4.74 Å². The Kier molecular flexibility index (Phi) is 4.78. The van der Waals surface area contributed by atoms with Gasteiger partial charge in [-0.15, -0.1) is 10.2 Å². The van der Waals surface area contributed by atoms with Gasteiger partial charge in [0, 0.05) is 24.9 Å². The van der Waals surface area contributed by atoms with E-state index in [1.54, 1.807) is 7.11 Å². The smallest absolute Gasteiger partial charge is 0.222 e. The van der Waals surface area contributed by atoms with Gasteiger partial charge in [0.25, 0.3) is 0 Å². The van der Waals surface area contributed by atoms with Gasteiger partial charge in [-0.1, -0.05) is 24.3 Å². The number of nitrogens with one attached hydrogen (secondary N) is 1. The van der Waals surface area contributed by atoms with Crippen LogP contribution in [0, 0.1) is 0 Å². The molecule has 1 saturated heterocycles. The molecule has 3 rings (SSSR count). The molecule has 0 saturated carbocycles. The normalized spacial score (nSPS) is 16.8. The zero-order valence-electron chi connectivity index (χ0n) is 14.2. The summed E-state index contributed by atoms with van der Waals surface area (Å²) in [5.41, 5.74) is 1.02. The van der Waals surface area contributed by atoms with Crippen LogP contribution in [0.3, 0.4) is 0 Å². The highest BCUT2D eigenvalue weighted by Crippen LogP contribution is 2.32. The number of piperidine rings is 1. The maximum atomic E-state index is 12.5. The van der Waals surface area contributed by atoms with E-state index in [4.69, 9.17) is 4.74 Å². The molecular weight excluding hydrogens is 306 g/mol. The lowest BCUT2D eigenvalue weighted by atomic mass is 9.79. The third-order valence-electron chi connectivity index (χ3n) is 4.87. The number of ether oxygens (including phenoxy) is 1. The number of aromatic nitrogens is 4. The van der Waals surface area contributed by atoms with Crippen molar-refractivity contribution < 1.29 is 9.53 Å². The summed E-state index contributed by atoms with van der Waals surface area (Å²) in [6.07, 6.45) is 2.97. The van der Waals surface area contributed by atoms with Gasteiger partial charge in [-0.2, -0.15) is 5.21 Å². The molecule has 1 fully saturated rings. The number of carbonyl (C=O) groups excluding carboxylic acids is 1. The minimum absolute atomic E-state index is 0.101. The second-order valence-corrected chi connectivity index (χ2v) is 6.53. The number of hydrogen-bond donors (Lipinski definition) is 1. The predicted octanol–water partition coefficient (Wildman–Crippen LogP) is 1.72. The molecule has 0 spiro atoms. The molecule has 1 aliphatic heterocycles. The third kappa shape index (κ3) is 3.55. The molecule has 2 heterocycles. The van der Waals surface area contributed by atoms with Crippen molar-refractivity contribution in [3.05, 3.63) is 35.7 Å². The van der Waals surface area contributed by atoms with Crippen LogP contribution in [0.1, 0.15) is 37.6 Å². The van der Waals surface area contributed by atoms with Gasteiger partial charge in [-0.25, -0.2) is 0 Å². The molecule has 0 atom stereocenters. The highest BCUT2D eigenvalue weighted by atomic mass is 16.5. The van der Waals surface area contributed by atoms with E-state index in [0.29, 0.717) is 6.42 Å². The lowest BCUT2D eigenvalue weighted by Crippen LogP contribution is -2.44. The van der Waals surface area contributed by atoms with Crippen molar-refractivity contribution in [2.75, 3.05) is 20.2 Å². The van der Waals surface area contributed by atoms with Gasteiger partial charge in [0.1, 0.15) is 5.75 Å². The summed E-state index contributed by atoms with van der Waals surface area (Å²) in [5.74, 6) is 1.77. The van der Waals surface area contributed by atoms with Gasteiger partial charge in [-0.05, 0) is 37.0 Å². The number of methoxy groups -OCH3 is 1. The topological polar surface area (TPSA) is 84.0 Å². The number of hydrogen-bond acceptors (Lipinski definition) is 5. The van der Waals surface area contributed by atoms with E-state index >= 15 is 0 Å². The maximum absolute atomic E-state index is 12.5. The molecule has 7 heteroatoms. The summed E-state index contributed by atoms with van der Waals surface area (Å²) >= 11 is 0. The second kappa shape index (κ2) is 6.98. The van der Waals surface area contributed by atoms with Crippen molar-refractivity contribution in [1.82, 2.24) is 25.5 Å². The average molecular weight is 329 g/mol. The summed E-state index contributed by atoms with van der Waals surface area (Å²) in [6.45, 7) is 3.61. The SMILES string of the molecule is COc1cccc(CCC(=O)N2CCC(C)(c3nn[nH]n3)CC2)c1. The Morgan fingerprint density at radius 2 is 2.17 bits per heavy atom. The van der Waals surface area contributed by atoms with Crippen molar-refractivity contribution in [2.24, 2.45) is 0 Å². The molecule has 128 valence electrons. The number of benzene rings is 1. The van der Waals surface area contributed by atoms with Crippen molar-refractivity contribution >= 4 is 5.91 Å². The number of aromatic amines is 1. The number of rotatable bonds is 5. The lowest BCUT2D eigenvalue weighted by Gasteiger charge is -2.37. The number of likely N-dealkylation sites (tertiary alicyclic amines) is 1. The fourth-order valence-corrected chi connectivity index (χ4v) is 3.13. The minimum atomic E-state index is -0.101. The van der Waals surface area contributed by atoms with Gasteiger partial charge in [0.05, 0.1) is 7.11 Å². The van der Waals surface area contributed by atoms with Crippen LogP contribution in [0.15, 0.2) is 24.3 Å². The molecule has 7 nitrogen and oxygen atoms in total. The Hall–Kier alpha value is -2.44. The fraction of sp³-hybridized carbons (Fsp3) is 0.529. The molecule has 0 aliphatic carbocycles. The number of nitrogens with zero attached hydrogens (tertiary/aromatic N) is 4. The monoisotopic (exact) mass is 329 g/mol. The quantitative estimate of drug-likeness (QED) is 0.903. The van der Waals surface area contributed by atoms with Gasteiger partial charge < -0.3 is 9.64 Å². The summed E-state index contributed by atoms with van der Waals surface area (Å²) in [4.78, 5) is 14.4. The molecule has 1 aromatic heterocycles. The Labute approximate surface area is 141 Å². The Bertz CT molecular complexity index is 678. The predicted molar refractivity (Wildman–Crippen MR) is 88.7 cm³/mol. The fourth-order valence-electron chi connectivity index (χ4n) is 3.13. The van der Waals surface area contributed by atoms with Gasteiger partial charge in [-0.3, -0.25) is 4.79 Å². The van der Waals surface area contributed by atoms with Gasteiger partial charge in [0.15, 0.2) is 5.82 Å². The molecule has 24 heavy (non-hydrogen) atoms. The molecule has 0 radical (unpaired) electrons. The van der Waals surface area contributed by atoms with Crippen molar-refractivity contribution in [2.45, 2.75) is 38.0 Å². The van der Waals surface area contributed by atoms with Crippen LogP contribution >= 0.6 is 0 Å². The molecular formula is C17H23N5O2. The first-order valence-corrected chi connectivity index (χ1v) is 8.25. The van der Waals surface area contributed by atoms with E-state index in [0.717, 1.165) is 49.5 Å². The van der Waals surface area contributed by atoms with Crippen LogP contribution in [-0.2, 0) is 16.6 Å². The third-order valence-corrected chi connectivity index (χ3v) is 4.87. The standard InChI is InChI=1S/C17H23N5O2/c1-17(16-18-20-21-19-16)8-10-22(11-9-17)15(23)7-6-13-4-3-5-14(12-13)24-2/h3-5,12H,6-11H2,1-2H3,(H,18,19,20,21). The highest BCUT2D eigenvalue weighted by Gasteiger charge is 2.36. The maximum Gasteiger partial charge on any atom is 0.222 e. The van der Waals surface area contributed by atoms with E-state index < -0.39 is 0 Å². The van der Waals surface area contributed by atoms with Crippen LogP contribution in [-0.4, -0.2) is 51.6 Å². The Morgan fingerprint density at radius 3 is 2.83 bits per heavy atom. The van der Waals surface area contributed by atoms with Crippen LogP contribution in [0.5, 0.6) is 5.75 Å². The Balaban J connectivity index is 1.52. The first-order valence-electron chi connectivity index (χ1n) is 8.25. The zero-order chi connectivity index (χ0) is 17.0. The average Bonchev–Trinajstić information content (AvgIpc) is 3.16. The van der Waals surface area contributed by atoms with Crippen molar-refractivity contribution in [3.8, 4) is 5.75 Å². The lowest BCUT2D eigenvalue weighted by molar-refractivity contribution is -0.132.